The van der Waals surface area contributed by atoms with Crippen molar-refractivity contribution in [1.82, 2.24) is 14.8 Å². The van der Waals surface area contributed by atoms with E-state index < -0.39 is 0 Å². The van der Waals surface area contributed by atoms with Crippen molar-refractivity contribution in [2.75, 3.05) is 39.3 Å². The molecule has 7 heteroatoms. The van der Waals surface area contributed by atoms with Crippen molar-refractivity contribution < 1.29 is 9.53 Å². The number of para-hydroxylation sites is 1. The van der Waals surface area contributed by atoms with E-state index in [-0.39, 0.29) is 5.91 Å². The van der Waals surface area contributed by atoms with Crippen LogP contribution < -0.4 is 4.74 Å². The van der Waals surface area contributed by atoms with E-state index in [0.717, 1.165) is 19.6 Å². The van der Waals surface area contributed by atoms with Crippen LogP contribution in [-0.2, 0) is 0 Å². The number of nitrogens with zero attached hydrogens (tertiary/aromatic N) is 3. The predicted molar refractivity (Wildman–Crippen MR) is 98.5 cm³/mol. The van der Waals surface area contributed by atoms with Gasteiger partial charge in [-0.3, -0.25) is 9.69 Å². The molecule has 1 fully saturated rings. The van der Waals surface area contributed by atoms with Gasteiger partial charge in [-0.2, -0.15) is 0 Å². The zero-order valence-electron chi connectivity index (χ0n) is 13.7. The van der Waals surface area contributed by atoms with Gasteiger partial charge >= 0.3 is 0 Å². The highest BCUT2D eigenvalue weighted by Crippen LogP contribution is 2.23. The SMILES string of the molecule is O=C(c1ccc(Cl)nc1)N1CCN(CCOc2ccccc2Cl)CC1. The summed E-state index contributed by atoms with van der Waals surface area (Å²) in [5.41, 5.74) is 0.569. The van der Waals surface area contributed by atoms with Crippen LogP contribution >= 0.6 is 23.2 Å². The molecule has 1 aromatic heterocycles. The Labute approximate surface area is 157 Å². The molecule has 1 saturated heterocycles. The molecule has 25 heavy (non-hydrogen) atoms. The molecule has 1 aliphatic heterocycles. The van der Waals surface area contributed by atoms with Gasteiger partial charge in [0.25, 0.3) is 5.91 Å². The molecule has 2 aromatic rings. The lowest BCUT2D eigenvalue weighted by Crippen LogP contribution is -2.49. The molecule has 0 unspecified atom stereocenters. The standard InChI is InChI=1S/C18H19Cl2N3O2/c19-15-3-1-2-4-16(15)25-12-11-22-7-9-23(10-8-22)18(24)14-5-6-17(20)21-13-14/h1-6,13H,7-12H2. The molecule has 0 saturated carbocycles. The maximum Gasteiger partial charge on any atom is 0.255 e. The fourth-order valence-electron chi connectivity index (χ4n) is 2.71. The first kappa shape index (κ1) is 18.0. The minimum absolute atomic E-state index is 0.00358. The van der Waals surface area contributed by atoms with Crippen LogP contribution in [0.1, 0.15) is 10.4 Å². The largest absolute Gasteiger partial charge is 0.491 e. The van der Waals surface area contributed by atoms with Crippen LogP contribution in [0.3, 0.4) is 0 Å². The molecule has 5 nitrogen and oxygen atoms in total. The first-order chi connectivity index (χ1) is 12.1. The van der Waals surface area contributed by atoms with Gasteiger partial charge in [-0.1, -0.05) is 35.3 Å². The van der Waals surface area contributed by atoms with E-state index in [0.29, 0.717) is 41.2 Å². The van der Waals surface area contributed by atoms with Crippen LogP contribution in [0.2, 0.25) is 10.2 Å². The summed E-state index contributed by atoms with van der Waals surface area (Å²) in [6.07, 6.45) is 1.52. The highest BCUT2D eigenvalue weighted by Gasteiger charge is 2.22. The molecule has 0 bridgehead atoms. The number of carbonyl (C=O) groups excluding carboxylic acids is 1. The molecule has 3 rings (SSSR count). The monoisotopic (exact) mass is 379 g/mol. The van der Waals surface area contributed by atoms with Gasteiger partial charge in [0, 0.05) is 38.9 Å². The molecule has 0 atom stereocenters. The van der Waals surface area contributed by atoms with Crippen LogP contribution in [0.5, 0.6) is 5.75 Å². The van der Waals surface area contributed by atoms with Crippen molar-refractivity contribution in [1.29, 1.82) is 0 Å². The van der Waals surface area contributed by atoms with Crippen LogP contribution in [0.4, 0.5) is 0 Å². The van der Waals surface area contributed by atoms with Gasteiger partial charge in [-0.05, 0) is 24.3 Å². The summed E-state index contributed by atoms with van der Waals surface area (Å²) >= 11 is 11.8. The Kier molecular flexibility index (Phi) is 6.13. The predicted octanol–water partition coefficient (Wildman–Crippen LogP) is 3.23. The van der Waals surface area contributed by atoms with Crippen LogP contribution in [0.25, 0.3) is 0 Å². The summed E-state index contributed by atoms with van der Waals surface area (Å²) in [5.74, 6) is 0.698. The lowest BCUT2D eigenvalue weighted by molar-refractivity contribution is 0.0620. The minimum atomic E-state index is -0.00358. The van der Waals surface area contributed by atoms with Crippen molar-refractivity contribution in [3.63, 3.8) is 0 Å². The summed E-state index contributed by atoms with van der Waals surface area (Å²) in [6, 6.07) is 10.8. The second-order valence-corrected chi connectivity index (χ2v) is 6.58. The lowest BCUT2D eigenvalue weighted by atomic mass is 10.2. The number of hydrogen-bond donors (Lipinski definition) is 0. The summed E-state index contributed by atoms with van der Waals surface area (Å²) in [5, 5.41) is 1.01. The average molecular weight is 380 g/mol. The van der Waals surface area contributed by atoms with Crippen molar-refractivity contribution in [3.05, 3.63) is 58.3 Å². The quantitative estimate of drug-likeness (QED) is 0.748. The highest BCUT2D eigenvalue weighted by atomic mass is 35.5. The number of pyridine rings is 1. The smallest absolute Gasteiger partial charge is 0.255 e. The number of benzene rings is 1. The fraction of sp³-hybridized carbons (Fsp3) is 0.333. The second-order valence-electron chi connectivity index (χ2n) is 5.78. The molecule has 1 aliphatic rings. The van der Waals surface area contributed by atoms with Gasteiger partial charge in [-0.25, -0.2) is 4.98 Å². The van der Waals surface area contributed by atoms with Crippen LogP contribution in [0, 0.1) is 0 Å². The molecular formula is C18H19Cl2N3O2. The molecule has 0 aliphatic carbocycles. The van der Waals surface area contributed by atoms with Gasteiger partial charge in [0.05, 0.1) is 10.6 Å². The van der Waals surface area contributed by atoms with Gasteiger partial charge in [0.2, 0.25) is 0 Å². The van der Waals surface area contributed by atoms with E-state index in [1.807, 2.05) is 29.2 Å². The maximum atomic E-state index is 12.4. The summed E-state index contributed by atoms with van der Waals surface area (Å²) in [6.45, 7) is 4.38. The number of hydrogen-bond acceptors (Lipinski definition) is 4. The third kappa shape index (κ3) is 4.84. The summed E-state index contributed by atoms with van der Waals surface area (Å²) in [7, 11) is 0. The second kappa shape index (κ2) is 8.52. The van der Waals surface area contributed by atoms with Crippen molar-refractivity contribution in [2.24, 2.45) is 0 Å². The van der Waals surface area contributed by atoms with Gasteiger partial charge < -0.3 is 9.64 Å². The topological polar surface area (TPSA) is 45.7 Å². The maximum absolute atomic E-state index is 12.4. The van der Waals surface area contributed by atoms with E-state index in [1.165, 1.54) is 6.20 Å². The average Bonchev–Trinajstić information content (AvgIpc) is 2.64. The van der Waals surface area contributed by atoms with Gasteiger partial charge in [0.1, 0.15) is 17.5 Å². The van der Waals surface area contributed by atoms with E-state index >= 15 is 0 Å². The molecule has 0 N–H and O–H groups in total. The Bertz CT molecular complexity index is 717. The number of halogens is 2. The number of rotatable bonds is 5. The highest BCUT2D eigenvalue weighted by molar-refractivity contribution is 6.32. The van der Waals surface area contributed by atoms with E-state index in [2.05, 4.69) is 9.88 Å². The zero-order valence-corrected chi connectivity index (χ0v) is 15.2. The first-order valence-corrected chi connectivity index (χ1v) is 8.89. The molecule has 0 radical (unpaired) electrons. The van der Waals surface area contributed by atoms with E-state index in [1.54, 1.807) is 12.1 Å². The Hall–Kier alpha value is -1.82. The molecule has 1 amide bonds. The zero-order chi connectivity index (χ0) is 17.6. The lowest BCUT2D eigenvalue weighted by Gasteiger charge is -2.34. The Morgan fingerprint density at radius 3 is 2.52 bits per heavy atom. The van der Waals surface area contributed by atoms with Crippen molar-refractivity contribution >= 4 is 29.1 Å². The van der Waals surface area contributed by atoms with Crippen molar-refractivity contribution in [2.45, 2.75) is 0 Å². The molecular weight excluding hydrogens is 361 g/mol. The van der Waals surface area contributed by atoms with E-state index in [4.69, 9.17) is 27.9 Å². The first-order valence-electron chi connectivity index (χ1n) is 8.14. The number of amides is 1. The van der Waals surface area contributed by atoms with Crippen LogP contribution in [0.15, 0.2) is 42.6 Å². The third-order valence-corrected chi connectivity index (χ3v) is 4.67. The van der Waals surface area contributed by atoms with Crippen LogP contribution in [-0.4, -0.2) is 60.0 Å². The molecule has 1 aromatic carbocycles. The third-order valence-electron chi connectivity index (χ3n) is 4.14. The summed E-state index contributed by atoms with van der Waals surface area (Å²) in [4.78, 5) is 20.5. The Balaban J connectivity index is 1.43. The molecule has 132 valence electrons. The number of aromatic nitrogens is 1. The van der Waals surface area contributed by atoms with E-state index in [9.17, 15) is 4.79 Å². The number of piperazine rings is 1. The molecule has 2 heterocycles. The number of ether oxygens (including phenoxy) is 1. The van der Waals surface area contributed by atoms with Crippen molar-refractivity contribution in [3.8, 4) is 5.75 Å². The Morgan fingerprint density at radius 1 is 1.08 bits per heavy atom. The summed E-state index contributed by atoms with van der Waals surface area (Å²) < 4.78 is 5.72. The fourth-order valence-corrected chi connectivity index (χ4v) is 3.01. The molecule has 0 spiro atoms. The minimum Gasteiger partial charge on any atom is -0.491 e. The normalized spacial score (nSPS) is 15.2. The van der Waals surface area contributed by atoms with Gasteiger partial charge in [0.15, 0.2) is 0 Å². The Morgan fingerprint density at radius 2 is 1.84 bits per heavy atom. The number of carbonyl (C=O) groups is 1. The van der Waals surface area contributed by atoms with Gasteiger partial charge in [-0.15, -0.1) is 0 Å².